The molecule has 2 rings (SSSR count). The molecule has 2 nitrogen and oxygen atoms in total. The van der Waals surface area contributed by atoms with Crippen molar-refractivity contribution in [1.82, 2.24) is 4.90 Å². The van der Waals surface area contributed by atoms with Crippen molar-refractivity contribution in [2.45, 2.75) is 26.8 Å². The molecule has 1 aromatic carbocycles. The molecule has 0 bridgehead atoms. The Balaban J connectivity index is 1.95. The molecule has 0 aliphatic carbocycles. The van der Waals surface area contributed by atoms with E-state index >= 15 is 0 Å². The summed E-state index contributed by atoms with van der Waals surface area (Å²) in [5, 5.41) is 0. The van der Waals surface area contributed by atoms with Crippen LogP contribution in [0.15, 0.2) is 24.3 Å². The summed E-state index contributed by atoms with van der Waals surface area (Å²) in [6.45, 7) is 8.17. The van der Waals surface area contributed by atoms with Crippen LogP contribution in [-0.4, -0.2) is 23.0 Å². The number of hydrogen-bond donors (Lipinski definition) is 1. The maximum atomic E-state index is 5.60. The molecule has 0 spiro atoms. The Labute approximate surface area is 115 Å². The zero-order valence-corrected chi connectivity index (χ0v) is 12.0. The lowest BCUT2D eigenvalue weighted by molar-refractivity contribution is 0.132. The molecule has 1 heterocycles. The molecular weight excluding hydrogens is 240 g/mol. The lowest BCUT2D eigenvalue weighted by Crippen LogP contribution is -2.37. The van der Waals surface area contributed by atoms with Crippen LogP contribution in [0.2, 0.25) is 0 Å². The van der Waals surface area contributed by atoms with Crippen molar-refractivity contribution in [3.63, 3.8) is 0 Å². The molecule has 2 atom stereocenters. The van der Waals surface area contributed by atoms with Gasteiger partial charge in [0.2, 0.25) is 0 Å². The van der Waals surface area contributed by atoms with E-state index < -0.39 is 0 Å². The SMILES string of the molecule is CC1CCN(Cc2ccc(C(N)=S)cc2)CC1C. The highest BCUT2D eigenvalue weighted by Gasteiger charge is 2.22. The summed E-state index contributed by atoms with van der Waals surface area (Å²) in [5.74, 6) is 1.66. The summed E-state index contributed by atoms with van der Waals surface area (Å²) in [6, 6.07) is 8.32. The van der Waals surface area contributed by atoms with Gasteiger partial charge in [-0.25, -0.2) is 0 Å². The second-order valence-electron chi connectivity index (χ2n) is 5.54. The molecule has 1 saturated heterocycles. The van der Waals surface area contributed by atoms with Gasteiger partial charge >= 0.3 is 0 Å². The van der Waals surface area contributed by atoms with Crippen molar-refractivity contribution in [2.24, 2.45) is 17.6 Å². The second-order valence-corrected chi connectivity index (χ2v) is 5.98. The highest BCUT2D eigenvalue weighted by atomic mass is 32.1. The molecule has 1 aliphatic rings. The number of piperidine rings is 1. The van der Waals surface area contributed by atoms with Crippen LogP contribution in [0.3, 0.4) is 0 Å². The van der Waals surface area contributed by atoms with Crippen LogP contribution in [0.5, 0.6) is 0 Å². The molecule has 1 aromatic rings. The zero-order chi connectivity index (χ0) is 13.1. The molecular formula is C15H22N2S. The van der Waals surface area contributed by atoms with Crippen molar-refractivity contribution >= 4 is 17.2 Å². The summed E-state index contributed by atoms with van der Waals surface area (Å²) < 4.78 is 0. The normalized spacial score (nSPS) is 25.0. The molecule has 2 unspecified atom stereocenters. The number of likely N-dealkylation sites (tertiary alicyclic amines) is 1. The van der Waals surface area contributed by atoms with E-state index in [-0.39, 0.29) is 0 Å². The minimum absolute atomic E-state index is 0.474. The molecule has 0 radical (unpaired) electrons. The standard InChI is InChI=1S/C15H22N2S/c1-11-7-8-17(9-12(11)2)10-13-3-5-14(6-4-13)15(16)18/h3-6,11-12H,7-10H2,1-2H3,(H2,16,18). The predicted octanol–water partition coefficient (Wildman–Crippen LogP) is 2.80. The van der Waals surface area contributed by atoms with Gasteiger partial charge in [0.05, 0.1) is 0 Å². The molecule has 3 heteroatoms. The highest BCUT2D eigenvalue weighted by Crippen LogP contribution is 2.23. The second kappa shape index (κ2) is 5.81. The first-order valence-electron chi connectivity index (χ1n) is 6.67. The molecule has 18 heavy (non-hydrogen) atoms. The molecule has 98 valence electrons. The number of nitrogens with two attached hydrogens (primary N) is 1. The summed E-state index contributed by atoms with van der Waals surface area (Å²) >= 11 is 4.96. The lowest BCUT2D eigenvalue weighted by Gasteiger charge is -2.35. The van der Waals surface area contributed by atoms with E-state index in [2.05, 4.69) is 30.9 Å². The molecule has 1 aliphatic heterocycles. The van der Waals surface area contributed by atoms with Gasteiger partial charge in [-0.3, -0.25) is 4.90 Å². The fourth-order valence-electron chi connectivity index (χ4n) is 2.53. The minimum Gasteiger partial charge on any atom is -0.389 e. The zero-order valence-electron chi connectivity index (χ0n) is 11.2. The Hall–Kier alpha value is -0.930. The Morgan fingerprint density at radius 1 is 1.28 bits per heavy atom. The fraction of sp³-hybridized carbons (Fsp3) is 0.533. The van der Waals surface area contributed by atoms with E-state index in [0.29, 0.717) is 4.99 Å². The van der Waals surface area contributed by atoms with Crippen LogP contribution in [-0.2, 0) is 6.54 Å². The van der Waals surface area contributed by atoms with Gasteiger partial charge in [-0.2, -0.15) is 0 Å². The quantitative estimate of drug-likeness (QED) is 0.849. The van der Waals surface area contributed by atoms with Gasteiger partial charge in [0, 0.05) is 18.7 Å². The summed E-state index contributed by atoms with van der Waals surface area (Å²) in [6.07, 6.45) is 1.31. The number of thiocarbonyl (C=S) groups is 1. The molecule has 0 saturated carbocycles. The summed E-state index contributed by atoms with van der Waals surface area (Å²) in [7, 11) is 0. The number of benzene rings is 1. The van der Waals surface area contributed by atoms with E-state index in [1.165, 1.54) is 25.1 Å². The van der Waals surface area contributed by atoms with Crippen molar-refractivity contribution in [2.75, 3.05) is 13.1 Å². The number of rotatable bonds is 3. The van der Waals surface area contributed by atoms with Gasteiger partial charge in [0.1, 0.15) is 4.99 Å². The van der Waals surface area contributed by atoms with Crippen molar-refractivity contribution in [1.29, 1.82) is 0 Å². The molecule has 2 N–H and O–H groups in total. The van der Waals surface area contributed by atoms with Crippen LogP contribution < -0.4 is 5.73 Å². The highest BCUT2D eigenvalue weighted by molar-refractivity contribution is 7.80. The summed E-state index contributed by atoms with van der Waals surface area (Å²) in [4.78, 5) is 3.02. The van der Waals surface area contributed by atoms with E-state index in [9.17, 15) is 0 Å². The largest absolute Gasteiger partial charge is 0.389 e. The number of hydrogen-bond acceptors (Lipinski definition) is 2. The van der Waals surface area contributed by atoms with E-state index in [4.69, 9.17) is 18.0 Å². The summed E-state index contributed by atoms with van der Waals surface area (Å²) in [5.41, 5.74) is 7.90. The monoisotopic (exact) mass is 262 g/mol. The average Bonchev–Trinajstić information content (AvgIpc) is 2.34. The molecule has 1 fully saturated rings. The number of nitrogens with zero attached hydrogens (tertiary/aromatic N) is 1. The average molecular weight is 262 g/mol. The van der Waals surface area contributed by atoms with E-state index in [0.717, 1.165) is 23.9 Å². The maximum Gasteiger partial charge on any atom is 0.103 e. The fourth-order valence-corrected chi connectivity index (χ4v) is 2.66. The van der Waals surface area contributed by atoms with Gasteiger partial charge in [0.25, 0.3) is 0 Å². The van der Waals surface area contributed by atoms with Gasteiger partial charge in [-0.05, 0) is 30.4 Å². The van der Waals surface area contributed by atoms with Crippen LogP contribution in [0.1, 0.15) is 31.4 Å². The third-order valence-corrected chi connectivity index (χ3v) is 4.30. The lowest BCUT2D eigenvalue weighted by atomic mass is 9.88. The van der Waals surface area contributed by atoms with Crippen molar-refractivity contribution in [3.8, 4) is 0 Å². The van der Waals surface area contributed by atoms with Crippen LogP contribution >= 0.6 is 12.2 Å². The Kier molecular flexibility index (Phi) is 4.36. The van der Waals surface area contributed by atoms with E-state index in [1.807, 2.05) is 12.1 Å². The van der Waals surface area contributed by atoms with Crippen molar-refractivity contribution in [3.05, 3.63) is 35.4 Å². The van der Waals surface area contributed by atoms with Gasteiger partial charge < -0.3 is 5.73 Å². The Morgan fingerprint density at radius 2 is 1.94 bits per heavy atom. The van der Waals surface area contributed by atoms with Gasteiger partial charge in [-0.1, -0.05) is 50.3 Å². The topological polar surface area (TPSA) is 29.3 Å². The molecule has 0 aromatic heterocycles. The predicted molar refractivity (Wildman–Crippen MR) is 80.6 cm³/mol. The smallest absolute Gasteiger partial charge is 0.103 e. The minimum atomic E-state index is 0.474. The molecule has 0 amide bonds. The van der Waals surface area contributed by atoms with Gasteiger partial charge in [0.15, 0.2) is 0 Å². The maximum absolute atomic E-state index is 5.60. The first-order valence-corrected chi connectivity index (χ1v) is 7.08. The third-order valence-electron chi connectivity index (χ3n) is 4.06. The first kappa shape index (κ1) is 13.5. The Morgan fingerprint density at radius 3 is 2.50 bits per heavy atom. The van der Waals surface area contributed by atoms with Crippen LogP contribution in [0.25, 0.3) is 0 Å². The van der Waals surface area contributed by atoms with Crippen molar-refractivity contribution < 1.29 is 0 Å². The third kappa shape index (κ3) is 3.30. The Bertz CT molecular complexity index is 413. The van der Waals surface area contributed by atoms with Crippen LogP contribution in [0.4, 0.5) is 0 Å². The van der Waals surface area contributed by atoms with E-state index in [1.54, 1.807) is 0 Å². The van der Waals surface area contributed by atoms with Crippen LogP contribution in [0, 0.1) is 11.8 Å². The van der Waals surface area contributed by atoms with Gasteiger partial charge in [-0.15, -0.1) is 0 Å². The first-order chi connectivity index (χ1) is 8.56.